The second-order valence-corrected chi connectivity index (χ2v) is 12.4. The maximum Gasteiger partial charge on any atom is 0.503 e. The molecule has 4 rings (SSSR count). The molecule has 2 aromatic carbocycles. The van der Waals surface area contributed by atoms with Gasteiger partial charge in [-0.2, -0.15) is 4.72 Å². The summed E-state index contributed by atoms with van der Waals surface area (Å²) in [5.41, 5.74) is 9.75. The van der Waals surface area contributed by atoms with Gasteiger partial charge in [-0.25, -0.2) is 18.0 Å². The zero-order valence-electron chi connectivity index (χ0n) is 24.9. The number of nitrogens with zero attached hydrogens (tertiary/aromatic N) is 2. The lowest BCUT2D eigenvalue weighted by molar-refractivity contribution is -0.155. The summed E-state index contributed by atoms with van der Waals surface area (Å²) in [6.45, 7) is 5.48. The van der Waals surface area contributed by atoms with E-state index in [9.17, 15) is 18.0 Å². The van der Waals surface area contributed by atoms with E-state index < -0.39 is 40.1 Å². The Morgan fingerprint density at radius 3 is 2.52 bits per heavy atom. The van der Waals surface area contributed by atoms with Crippen molar-refractivity contribution in [3.8, 4) is 0 Å². The second-order valence-electron chi connectivity index (χ2n) is 10.7. The Hall–Kier alpha value is -4.27. The molecular weight excluding hydrogens is 590 g/mol. The molecule has 0 aliphatic carbocycles. The van der Waals surface area contributed by atoms with Gasteiger partial charge in [0, 0.05) is 25.2 Å². The third-order valence-electron chi connectivity index (χ3n) is 7.33. The Morgan fingerprint density at radius 1 is 1.16 bits per heavy atom. The summed E-state index contributed by atoms with van der Waals surface area (Å²) in [6.07, 6.45) is 1.07. The van der Waals surface area contributed by atoms with Crippen LogP contribution in [0, 0.1) is 5.41 Å². The van der Waals surface area contributed by atoms with Gasteiger partial charge in [0.2, 0.25) is 15.9 Å². The summed E-state index contributed by atoms with van der Waals surface area (Å²) in [6, 6.07) is 9.79. The minimum atomic E-state index is -4.11. The highest BCUT2D eigenvalue weighted by atomic mass is 32.2. The van der Waals surface area contributed by atoms with Gasteiger partial charge in [-0.15, -0.1) is 0 Å². The number of carbonyl (C=O) groups is 3. The van der Waals surface area contributed by atoms with Crippen LogP contribution in [0.2, 0.25) is 0 Å². The van der Waals surface area contributed by atoms with Gasteiger partial charge in [0.05, 0.1) is 11.5 Å². The van der Waals surface area contributed by atoms with E-state index in [-0.39, 0.29) is 30.3 Å². The van der Waals surface area contributed by atoms with Crippen molar-refractivity contribution in [2.75, 3.05) is 26.7 Å². The van der Waals surface area contributed by atoms with Crippen LogP contribution in [0.25, 0.3) is 0 Å². The van der Waals surface area contributed by atoms with E-state index in [2.05, 4.69) is 9.62 Å². The third kappa shape index (κ3) is 9.11. The zero-order valence-corrected chi connectivity index (χ0v) is 25.8. The first-order valence-corrected chi connectivity index (χ1v) is 15.5. The first-order chi connectivity index (χ1) is 20.7. The van der Waals surface area contributed by atoms with Crippen LogP contribution in [0.5, 0.6) is 0 Å². The molecular formula is C30H39N5O8S. The Kier molecular flexibility index (Phi) is 11.6. The van der Waals surface area contributed by atoms with E-state index in [1.807, 2.05) is 26.1 Å². The molecule has 2 aliphatic heterocycles. The number of hydrogen-bond donors (Lipinski definition) is 5. The fourth-order valence-corrected chi connectivity index (χ4v) is 6.39. The molecule has 0 fully saturated rings. The molecule has 13 nitrogen and oxygen atoms in total. The lowest BCUT2D eigenvalue weighted by Crippen LogP contribution is -2.56. The number of carboxylic acid groups (broad SMARTS) is 2. The molecule has 0 saturated carbocycles. The molecule has 0 spiro atoms. The van der Waals surface area contributed by atoms with E-state index in [1.54, 1.807) is 43.3 Å². The summed E-state index contributed by atoms with van der Waals surface area (Å²) in [5.74, 6) is -1.19. The van der Waals surface area contributed by atoms with Crippen molar-refractivity contribution < 1.29 is 37.8 Å². The third-order valence-corrected chi connectivity index (χ3v) is 8.80. The van der Waals surface area contributed by atoms with Crippen molar-refractivity contribution in [3.05, 3.63) is 76.4 Å². The van der Waals surface area contributed by atoms with E-state index in [1.165, 1.54) is 4.90 Å². The molecule has 0 radical (unpaired) electrons. The predicted molar refractivity (Wildman–Crippen MR) is 163 cm³/mol. The SMILES string of the molecule is CCOC(=O)[C@H]1CC(C)=CCN1C(=O)[C@H](Cc1cccc(C(=N)N)c1)NS(=O)(=O)c1ccc2c(c1)CCN(C)C2.O=C(O)O. The largest absolute Gasteiger partial charge is 0.503 e. The molecule has 2 heterocycles. The van der Waals surface area contributed by atoms with Crippen LogP contribution >= 0.6 is 0 Å². The maximum atomic E-state index is 14.0. The Labute approximate surface area is 256 Å². The number of benzene rings is 2. The smallest absolute Gasteiger partial charge is 0.464 e. The number of sulfonamides is 1. The molecule has 6 N–H and O–H groups in total. The highest BCUT2D eigenvalue weighted by Gasteiger charge is 2.38. The molecule has 1 amide bonds. The van der Waals surface area contributed by atoms with Crippen molar-refractivity contribution in [1.82, 2.24) is 14.5 Å². The molecule has 2 aliphatic rings. The number of ether oxygens (including phenoxy) is 1. The van der Waals surface area contributed by atoms with E-state index in [4.69, 9.17) is 30.9 Å². The van der Waals surface area contributed by atoms with Crippen LogP contribution in [0.3, 0.4) is 0 Å². The highest BCUT2D eigenvalue weighted by molar-refractivity contribution is 7.89. The number of amidine groups is 1. The van der Waals surface area contributed by atoms with Gasteiger partial charge in [0.25, 0.3) is 0 Å². The summed E-state index contributed by atoms with van der Waals surface area (Å²) < 4.78 is 35.2. The molecule has 2 aromatic rings. The predicted octanol–water partition coefficient (Wildman–Crippen LogP) is 2.18. The van der Waals surface area contributed by atoms with Gasteiger partial charge >= 0.3 is 12.1 Å². The van der Waals surface area contributed by atoms with Crippen LogP contribution < -0.4 is 10.5 Å². The lowest BCUT2D eigenvalue weighted by atomic mass is 9.98. The number of hydrogen-bond acceptors (Lipinski definition) is 8. The van der Waals surface area contributed by atoms with Gasteiger partial charge < -0.3 is 30.5 Å². The Morgan fingerprint density at radius 2 is 1.86 bits per heavy atom. The van der Waals surface area contributed by atoms with Crippen molar-refractivity contribution in [1.29, 1.82) is 5.41 Å². The summed E-state index contributed by atoms with van der Waals surface area (Å²) >= 11 is 0. The summed E-state index contributed by atoms with van der Waals surface area (Å²) in [4.78, 5) is 39.0. The minimum Gasteiger partial charge on any atom is -0.464 e. The number of likely N-dealkylation sites (N-methyl/N-ethyl adjacent to an activating group) is 1. The average Bonchev–Trinajstić information content (AvgIpc) is 2.96. The molecule has 2 atom stereocenters. The number of carbonyl (C=O) groups excluding carboxylic acids is 2. The first-order valence-electron chi connectivity index (χ1n) is 14.0. The number of nitrogen functional groups attached to an aromatic ring is 1. The fourth-order valence-electron chi connectivity index (χ4n) is 5.15. The topological polar surface area (TPSA) is 203 Å². The summed E-state index contributed by atoms with van der Waals surface area (Å²) in [7, 11) is -2.08. The molecule has 14 heteroatoms. The van der Waals surface area contributed by atoms with Crippen molar-refractivity contribution in [3.63, 3.8) is 0 Å². The van der Waals surface area contributed by atoms with Crippen LogP contribution in [-0.2, 0) is 43.7 Å². The number of amides is 1. The summed E-state index contributed by atoms with van der Waals surface area (Å²) in [5, 5.41) is 21.7. The van der Waals surface area contributed by atoms with Crippen LogP contribution in [-0.4, -0.2) is 91.1 Å². The minimum absolute atomic E-state index is 0.00363. The molecule has 238 valence electrons. The fraction of sp³-hybridized carbons (Fsp3) is 0.400. The normalized spacial score (nSPS) is 17.3. The zero-order chi connectivity index (χ0) is 32.6. The number of esters is 1. The molecule has 44 heavy (non-hydrogen) atoms. The highest BCUT2D eigenvalue weighted by Crippen LogP contribution is 2.24. The number of rotatable bonds is 9. The van der Waals surface area contributed by atoms with Crippen LogP contribution in [0.4, 0.5) is 4.79 Å². The van der Waals surface area contributed by atoms with E-state index in [0.29, 0.717) is 17.5 Å². The van der Waals surface area contributed by atoms with Gasteiger partial charge in [0.15, 0.2) is 0 Å². The number of fused-ring (bicyclic) bond motifs is 1. The van der Waals surface area contributed by atoms with E-state index >= 15 is 0 Å². The van der Waals surface area contributed by atoms with Gasteiger partial charge in [0.1, 0.15) is 17.9 Å². The molecule has 0 bridgehead atoms. The van der Waals surface area contributed by atoms with Crippen LogP contribution in [0.15, 0.2) is 59.0 Å². The Balaban J connectivity index is 0.00000124. The monoisotopic (exact) mass is 629 g/mol. The number of nitrogens with two attached hydrogens (primary N) is 1. The standard InChI is InChI=1S/C29H37N5O5S.CH2O3/c1-4-39-29(36)26-14-19(2)10-13-34(26)28(35)25(16-20-6-5-7-22(15-20)27(30)31)32-40(37,38)24-9-8-23-18-33(3)12-11-21(23)17-24;2-1(3)4/h5-10,15,17,25-26,32H,4,11-14,16,18H2,1-3H3,(H3,30,31);(H2,2,3,4)/t25-,26+;/m0./s1. The maximum absolute atomic E-state index is 14.0. The van der Waals surface area contributed by atoms with E-state index in [0.717, 1.165) is 36.2 Å². The van der Waals surface area contributed by atoms with Crippen LogP contribution in [0.1, 0.15) is 42.5 Å². The van der Waals surface area contributed by atoms with Crippen molar-refractivity contribution >= 4 is 33.9 Å². The van der Waals surface area contributed by atoms with Gasteiger partial charge in [-0.3, -0.25) is 10.2 Å². The number of nitrogens with one attached hydrogen (secondary N) is 2. The quantitative estimate of drug-likeness (QED) is 0.118. The molecule has 0 saturated heterocycles. The van der Waals surface area contributed by atoms with Crippen molar-refractivity contribution in [2.24, 2.45) is 5.73 Å². The van der Waals surface area contributed by atoms with Gasteiger partial charge in [-0.05, 0) is 75.0 Å². The van der Waals surface area contributed by atoms with Crippen molar-refractivity contribution in [2.45, 2.75) is 56.6 Å². The Bertz CT molecular complexity index is 1540. The molecule has 0 aromatic heterocycles. The second kappa shape index (κ2) is 14.9. The molecule has 0 unspecified atom stereocenters. The average molecular weight is 630 g/mol. The lowest BCUT2D eigenvalue weighted by Gasteiger charge is -2.35. The first kappa shape index (κ1) is 34.2. The van der Waals surface area contributed by atoms with Gasteiger partial charge in [-0.1, -0.05) is 35.9 Å².